The molecule has 0 aliphatic carbocycles. The second-order valence-corrected chi connectivity index (χ2v) is 6.34. The molecule has 0 spiro atoms. The number of hydrogen-bond acceptors (Lipinski definition) is 4. The van der Waals surface area contributed by atoms with Gasteiger partial charge < -0.3 is 5.11 Å². The first-order valence-electron chi connectivity index (χ1n) is 5.24. The van der Waals surface area contributed by atoms with Crippen molar-refractivity contribution in [1.29, 1.82) is 0 Å². The molecule has 0 saturated carbocycles. The fraction of sp³-hybridized carbons (Fsp3) is 0.600. The topological polar surface area (TPSA) is 57.6 Å². The Labute approximate surface area is 101 Å². The van der Waals surface area contributed by atoms with Crippen molar-refractivity contribution in [2.75, 3.05) is 13.1 Å². The highest BCUT2D eigenvalue weighted by Gasteiger charge is 2.23. The SMILES string of the molecule is CCCN(CC)S(=O)(=O)c1csc(CO)c1. The van der Waals surface area contributed by atoms with E-state index in [1.807, 2.05) is 13.8 Å². The Morgan fingerprint density at radius 1 is 1.44 bits per heavy atom. The van der Waals surface area contributed by atoms with Crippen molar-refractivity contribution in [3.8, 4) is 0 Å². The molecule has 1 rings (SSSR count). The van der Waals surface area contributed by atoms with Gasteiger partial charge in [0.2, 0.25) is 10.0 Å². The van der Waals surface area contributed by atoms with Crippen LogP contribution in [0.15, 0.2) is 16.3 Å². The number of rotatable bonds is 6. The maximum Gasteiger partial charge on any atom is 0.243 e. The van der Waals surface area contributed by atoms with Gasteiger partial charge in [-0.15, -0.1) is 11.3 Å². The maximum absolute atomic E-state index is 12.1. The Morgan fingerprint density at radius 2 is 2.12 bits per heavy atom. The minimum atomic E-state index is -3.37. The Balaban J connectivity index is 2.99. The van der Waals surface area contributed by atoms with E-state index in [-0.39, 0.29) is 11.5 Å². The minimum Gasteiger partial charge on any atom is -0.391 e. The molecular weight excluding hydrogens is 246 g/mol. The van der Waals surface area contributed by atoms with Crippen molar-refractivity contribution in [1.82, 2.24) is 4.31 Å². The highest BCUT2D eigenvalue weighted by molar-refractivity contribution is 7.89. The number of nitrogens with zero attached hydrogens (tertiary/aromatic N) is 1. The van der Waals surface area contributed by atoms with Gasteiger partial charge in [-0.25, -0.2) is 8.42 Å². The molecule has 0 bridgehead atoms. The summed E-state index contributed by atoms with van der Waals surface area (Å²) in [6.45, 7) is 4.67. The van der Waals surface area contributed by atoms with E-state index in [1.54, 1.807) is 11.4 Å². The van der Waals surface area contributed by atoms with Gasteiger partial charge >= 0.3 is 0 Å². The lowest BCUT2D eigenvalue weighted by Gasteiger charge is -2.18. The monoisotopic (exact) mass is 263 g/mol. The van der Waals surface area contributed by atoms with Crippen molar-refractivity contribution in [2.45, 2.75) is 31.8 Å². The molecule has 1 N–H and O–H groups in total. The minimum absolute atomic E-state index is 0.111. The van der Waals surface area contributed by atoms with E-state index in [9.17, 15) is 8.42 Å². The molecule has 1 aromatic rings. The lowest BCUT2D eigenvalue weighted by molar-refractivity contribution is 0.285. The van der Waals surface area contributed by atoms with Gasteiger partial charge in [-0.1, -0.05) is 13.8 Å². The van der Waals surface area contributed by atoms with Crippen LogP contribution in [-0.2, 0) is 16.6 Å². The van der Waals surface area contributed by atoms with Crippen LogP contribution in [0, 0.1) is 0 Å². The first kappa shape index (κ1) is 13.6. The van der Waals surface area contributed by atoms with Crippen LogP contribution >= 0.6 is 11.3 Å². The zero-order valence-electron chi connectivity index (χ0n) is 9.51. The second kappa shape index (κ2) is 5.77. The fourth-order valence-corrected chi connectivity index (χ4v) is 4.09. The Bertz CT molecular complexity index is 425. The largest absolute Gasteiger partial charge is 0.391 e. The third kappa shape index (κ3) is 2.82. The highest BCUT2D eigenvalue weighted by atomic mass is 32.2. The average molecular weight is 263 g/mol. The van der Waals surface area contributed by atoms with Gasteiger partial charge in [-0.3, -0.25) is 0 Å². The van der Waals surface area contributed by atoms with Gasteiger partial charge in [0.15, 0.2) is 0 Å². The molecule has 0 radical (unpaired) electrons. The van der Waals surface area contributed by atoms with Crippen LogP contribution in [-0.4, -0.2) is 30.9 Å². The van der Waals surface area contributed by atoms with Gasteiger partial charge in [0.05, 0.1) is 11.5 Å². The zero-order chi connectivity index (χ0) is 12.2. The maximum atomic E-state index is 12.1. The highest BCUT2D eigenvalue weighted by Crippen LogP contribution is 2.22. The summed E-state index contributed by atoms with van der Waals surface area (Å²) in [5, 5.41) is 10.5. The molecular formula is C10H17NO3S2. The summed E-state index contributed by atoms with van der Waals surface area (Å²) >= 11 is 1.27. The molecule has 0 saturated heterocycles. The van der Waals surface area contributed by atoms with Crippen molar-refractivity contribution in [2.24, 2.45) is 0 Å². The van der Waals surface area contributed by atoms with Gasteiger partial charge in [0, 0.05) is 23.3 Å². The van der Waals surface area contributed by atoms with Gasteiger partial charge in [0.25, 0.3) is 0 Å². The summed E-state index contributed by atoms with van der Waals surface area (Å²) in [7, 11) is -3.37. The predicted molar refractivity (Wildman–Crippen MR) is 65.0 cm³/mol. The molecule has 4 nitrogen and oxygen atoms in total. The molecule has 0 aromatic carbocycles. The van der Waals surface area contributed by atoms with E-state index < -0.39 is 10.0 Å². The molecule has 0 aliphatic rings. The molecule has 92 valence electrons. The van der Waals surface area contributed by atoms with Gasteiger partial charge in [-0.2, -0.15) is 4.31 Å². The molecule has 0 unspecified atom stereocenters. The number of thiophene rings is 1. The van der Waals surface area contributed by atoms with Crippen LogP contribution in [0.1, 0.15) is 25.1 Å². The molecule has 6 heteroatoms. The summed E-state index contributed by atoms with van der Waals surface area (Å²) < 4.78 is 25.7. The average Bonchev–Trinajstić information content (AvgIpc) is 2.74. The van der Waals surface area contributed by atoms with Gasteiger partial charge in [-0.05, 0) is 12.5 Å². The molecule has 0 aliphatic heterocycles. The summed E-state index contributed by atoms with van der Waals surface area (Å²) in [6.07, 6.45) is 0.796. The van der Waals surface area contributed by atoms with Crippen LogP contribution in [0.5, 0.6) is 0 Å². The first-order chi connectivity index (χ1) is 7.56. The summed E-state index contributed by atoms with van der Waals surface area (Å²) in [4.78, 5) is 0.961. The quantitative estimate of drug-likeness (QED) is 0.849. The predicted octanol–water partition coefficient (Wildman–Crippen LogP) is 1.66. The molecule has 1 aromatic heterocycles. The normalized spacial score (nSPS) is 12.2. The van der Waals surface area contributed by atoms with E-state index in [0.717, 1.165) is 6.42 Å². The summed E-state index contributed by atoms with van der Waals surface area (Å²) in [6, 6.07) is 1.54. The number of sulfonamides is 1. The lowest BCUT2D eigenvalue weighted by atomic mass is 10.5. The van der Waals surface area contributed by atoms with Crippen LogP contribution in [0.2, 0.25) is 0 Å². The standard InChI is InChI=1S/C10H17NO3S2/c1-3-5-11(4-2)16(13,14)10-6-9(7-12)15-8-10/h6,8,12H,3-5,7H2,1-2H3. The Morgan fingerprint density at radius 3 is 2.56 bits per heavy atom. The third-order valence-corrected chi connectivity index (χ3v) is 5.27. The number of aliphatic hydroxyl groups is 1. The molecule has 1 heterocycles. The van der Waals surface area contributed by atoms with E-state index in [4.69, 9.17) is 5.11 Å². The Kier molecular flexibility index (Phi) is 4.91. The van der Waals surface area contributed by atoms with E-state index in [1.165, 1.54) is 15.6 Å². The zero-order valence-corrected chi connectivity index (χ0v) is 11.1. The van der Waals surface area contributed by atoms with Crippen LogP contribution in [0.4, 0.5) is 0 Å². The van der Waals surface area contributed by atoms with Gasteiger partial charge in [0.1, 0.15) is 0 Å². The smallest absolute Gasteiger partial charge is 0.243 e. The van der Waals surface area contributed by atoms with E-state index in [2.05, 4.69) is 0 Å². The third-order valence-electron chi connectivity index (χ3n) is 2.25. The van der Waals surface area contributed by atoms with Crippen LogP contribution in [0.3, 0.4) is 0 Å². The second-order valence-electron chi connectivity index (χ2n) is 3.40. The Hall–Kier alpha value is -0.430. The molecule has 0 atom stereocenters. The van der Waals surface area contributed by atoms with Crippen LogP contribution < -0.4 is 0 Å². The van der Waals surface area contributed by atoms with Crippen LogP contribution in [0.25, 0.3) is 0 Å². The number of hydrogen-bond donors (Lipinski definition) is 1. The fourth-order valence-electron chi connectivity index (χ4n) is 1.43. The summed E-state index contributed by atoms with van der Waals surface area (Å²) in [5.74, 6) is 0. The molecule has 0 amide bonds. The van der Waals surface area contributed by atoms with Crippen molar-refractivity contribution < 1.29 is 13.5 Å². The van der Waals surface area contributed by atoms with Crippen molar-refractivity contribution in [3.63, 3.8) is 0 Å². The molecule has 0 fully saturated rings. The van der Waals surface area contributed by atoms with Crippen molar-refractivity contribution in [3.05, 3.63) is 16.3 Å². The van der Waals surface area contributed by atoms with E-state index >= 15 is 0 Å². The molecule has 16 heavy (non-hydrogen) atoms. The number of aliphatic hydroxyl groups excluding tert-OH is 1. The first-order valence-corrected chi connectivity index (χ1v) is 7.56. The van der Waals surface area contributed by atoms with E-state index in [0.29, 0.717) is 18.0 Å². The lowest BCUT2D eigenvalue weighted by Crippen LogP contribution is -2.31. The summed E-state index contributed by atoms with van der Waals surface area (Å²) in [5.41, 5.74) is 0. The van der Waals surface area contributed by atoms with Crippen molar-refractivity contribution >= 4 is 21.4 Å².